The van der Waals surface area contributed by atoms with Gasteiger partial charge in [0.25, 0.3) is 0 Å². The summed E-state index contributed by atoms with van der Waals surface area (Å²) in [6.07, 6.45) is 0.354. The molecular weight excluding hydrogens is 330 g/mol. The van der Waals surface area contributed by atoms with Crippen LogP contribution in [0.4, 0.5) is 4.79 Å². The number of amides is 3. The van der Waals surface area contributed by atoms with E-state index in [4.69, 9.17) is 10.5 Å². The molecule has 0 aliphatic carbocycles. The summed E-state index contributed by atoms with van der Waals surface area (Å²) in [5, 5.41) is 5.46. The number of ether oxygens (including phenoxy) is 1. The van der Waals surface area contributed by atoms with Crippen molar-refractivity contribution < 1.29 is 14.3 Å². The Bertz CT molecular complexity index is 762. The second-order valence-corrected chi connectivity index (χ2v) is 6.23. The van der Waals surface area contributed by atoms with Crippen LogP contribution >= 0.6 is 0 Å². The first-order chi connectivity index (χ1) is 12.4. The molecule has 2 atom stereocenters. The lowest BCUT2D eigenvalue weighted by atomic mass is 10.0. The van der Waals surface area contributed by atoms with E-state index in [1.165, 1.54) is 0 Å². The van der Waals surface area contributed by atoms with Gasteiger partial charge >= 0.3 is 6.03 Å². The summed E-state index contributed by atoms with van der Waals surface area (Å²) < 4.78 is 5.38. The van der Waals surface area contributed by atoms with E-state index in [1.54, 1.807) is 7.11 Å². The summed E-state index contributed by atoms with van der Waals surface area (Å²) in [6.45, 7) is 3.85. The van der Waals surface area contributed by atoms with Crippen LogP contribution in [-0.2, 0) is 11.2 Å². The Labute approximate surface area is 153 Å². The first kappa shape index (κ1) is 19.3. The van der Waals surface area contributed by atoms with Crippen LogP contribution in [0, 0.1) is 6.92 Å². The van der Waals surface area contributed by atoms with Crippen LogP contribution in [0.15, 0.2) is 48.5 Å². The van der Waals surface area contributed by atoms with Gasteiger partial charge in [0, 0.05) is 12.0 Å². The second-order valence-electron chi connectivity index (χ2n) is 6.23. The molecule has 0 spiro atoms. The van der Waals surface area contributed by atoms with Gasteiger partial charge in [0.1, 0.15) is 11.8 Å². The highest BCUT2D eigenvalue weighted by molar-refractivity contribution is 5.87. The number of aryl methyl sites for hydroxylation is 1. The predicted octanol–water partition coefficient (Wildman–Crippen LogP) is 2.46. The predicted molar refractivity (Wildman–Crippen MR) is 101 cm³/mol. The van der Waals surface area contributed by atoms with Gasteiger partial charge < -0.3 is 21.1 Å². The largest absolute Gasteiger partial charge is 0.496 e. The fourth-order valence-electron chi connectivity index (χ4n) is 2.81. The Balaban J connectivity index is 2.15. The highest BCUT2D eigenvalue weighted by Gasteiger charge is 2.23. The molecule has 0 aliphatic heterocycles. The minimum atomic E-state index is -0.756. The molecule has 0 heterocycles. The number of carbonyl (C=O) groups is 2. The minimum Gasteiger partial charge on any atom is -0.496 e. The molecule has 3 amide bonds. The average Bonchev–Trinajstić information content (AvgIpc) is 2.61. The number of hydrogen-bond acceptors (Lipinski definition) is 3. The lowest BCUT2D eigenvalue weighted by molar-refractivity contribution is -0.123. The molecule has 0 saturated heterocycles. The number of hydrogen-bond donors (Lipinski definition) is 3. The standard InChI is InChI=1S/C20H25N3O3/c1-13-9-10-18(26-3)16(11-13)14(2)22-19(24)17(23-20(21)25)12-15-7-5-4-6-8-15/h4-11,14,17H,12H2,1-3H3,(H,22,24)(H3,21,23,25)/t14-,17+/m0/s1. The van der Waals surface area contributed by atoms with Gasteiger partial charge in [-0.3, -0.25) is 4.79 Å². The number of nitrogens with one attached hydrogen (secondary N) is 2. The lowest BCUT2D eigenvalue weighted by Gasteiger charge is -2.22. The number of urea groups is 1. The monoisotopic (exact) mass is 355 g/mol. The number of primary amides is 1. The van der Waals surface area contributed by atoms with Crippen molar-refractivity contribution in [3.63, 3.8) is 0 Å². The summed E-state index contributed by atoms with van der Waals surface area (Å²) in [7, 11) is 1.59. The molecular formula is C20H25N3O3. The van der Waals surface area contributed by atoms with Gasteiger partial charge in [0.15, 0.2) is 0 Å². The quantitative estimate of drug-likeness (QED) is 0.712. The van der Waals surface area contributed by atoms with E-state index in [-0.39, 0.29) is 11.9 Å². The van der Waals surface area contributed by atoms with Gasteiger partial charge in [0.05, 0.1) is 13.2 Å². The van der Waals surface area contributed by atoms with Gasteiger partial charge in [0.2, 0.25) is 5.91 Å². The van der Waals surface area contributed by atoms with Gasteiger partial charge in [-0.15, -0.1) is 0 Å². The molecule has 0 saturated carbocycles. The summed E-state index contributed by atoms with van der Waals surface area (Å²) in [5.41, 5.74) is 8.12. The number of carbonyl (C=O) groups excluding carboxylic acids is 2. The zero-order valence-electron chi connectivity index (χ0n) is 15.3. The SMILES string of the molecule is COc1ccc(C)cc1[C@H](C)NC(=O)[C@@H](Cc1ccccc1)NC(N)=O. The van der Waals surface area contributed by atoms with E-state index >= 15 is 0 Å². The molecule has 2 rings (SSSR count). The van der Waals surface area contributed by atoms with Crippen molar-refractivity contribution in [2.75, 3.05) is 7.11 Å². The average molecular weight is 355 g/mol. The zero-order valence-corrected chi connectivity index (χ0v) is 15.3. The third kappa shape index (κ3) is 5.24. The maximum atomic E-state index is 12.7. The van der Waals surface area contributed by atoms with Crippen LogP contribution < -0.4 is 21.1 Å². The van der Waals surface area contributed by atoms with Gasteiger partial charge in [-0.25, -0.2) is 4.79 Å². The number of benzene rings is 2. The van der Waals surface area contributed by atoms with Crippen LogP contribution in [0.25, 0.3) is 0 Å². The van der Waals surface area contributed by atoms with Crippen LogP contribution in [0.2, 0.25) is 0 Å². The Hall–Kier alpha value is -3.02. The summed E-state index contributed by atoms with van der Waals surface area (Å²) in [5.74, 6) is 0.398. The normalized spacial score (nSPS) is 12.7. The molecule has 0 radical (unpaired) electrons. The molecule has 2 aromatic rings. The zero-order chi connectivity index (χ0) is 19.1. The van der Waals surface area contributed by atoms with Crippen molar-refractivity contribution in [3.05, 3.63) is 65.2 Å². The molecule has 0 bridgehead atoms. The Morgan fingerprint density at radius 3 is 2.42 bits per heavy atom. The molecule has 0 aromatic heterocycles. The fourth-order valence-corrected chi connectivity index (χ4v) is 2.81. The van der Waals surface area contributed by atoms with Crippen molar-refractivity contribution in [2.45, 2.75) is 32.4 Å². The first-order valence-corrected chi connectivity index (χ1v) is 8.45. The topological polar surface area (TPSA) is 93.4 Å². The van der Waals surface area contributed by atoms with Crippen molar-refractivity contribution in [3.8, 4) is 5.75 Å². The molecule has 6 nitrogen and oxygen atoms in total. The summed E-state index contributed by atoms with van der Waals surface area (Å²) in [4.78, 5) is 24.0. The van der Waals surface area contributed by atoms with Crippen molar-refractivity contribution in [2.24, 2.45) is 5.73 Å². The third-order valence-corrected chi connectivity index (χ3v) is 4.13. The molecule has 2 aromatic carbocycles. The molecule has 0 aliphatic rings. The minimum absolute atomic E-state index is 0.287. The van der Waals surface area contributed by atoms with Crippen molar-refractivity contribution >= 4 is 11.9 Å². The summed E-state index contributed by atoms with van der Waals surface area (Å²) >= 11 is 0. The lowest BCUT2D eigenvalue weighted by Crippen LogP contribution is -2.50. The highest BCUT2D eigenvalue weighted by Crippen LogP contribution is 2.26. The third-order valence-electron chi connectivity index (χ3n) is 4.13. The molecule has 4 N–H and O–H groups in total. The van der Waals surface area contributed by atoms with Gasteiger partial charge in [-0.05, 0) is 25.5 Å². The van der Waals surface area contributed by atoms with Crippen molar-refractivity contribution in [1.29, 1.82) is 0 Å². The maximum absolute atomic E-state index is 12.7. The number of nitrogens with two attached hydrogens (primary N) is 1. The van der Waals surface area contributed by atoms with E-state index in [9.17, 15) is 9.59 Å². The Kier molecular flexibility index (Phi) is 6.60. The summed E-state index contributed by atoms with van der Waals surface area (Å²) in [6, 6.07) is 13.5. The smallest absolute Gasteiger partial charge is 0.312 e. The first-order valence-electron chi connectivity index (χ1n) is 8.45. The Morgan fingerprint density at radius 2 is 1.81 bits per heavy atom. The molecule has 26 heavy (non-hydrogen) atoms. The molecule has 138 valence electrons. The fraction of sp³-hybridized carbons (Fsp3) is 0.300. The van der Waals surface area contributed by atoms with E-state index in [2.05, 4.69) is 10.6 Å². The van der Waals surface area contributed by atoms with E-state index < -0.39 is 12.1 Å². The van der Waals surface area contributed by atoms with E-state index in [0.29, 0.717) is 12.2 Å². The van der Waals surface area contributed by atoms with Crippen LogP contribution in [0.3, 0.4) is 0 Å². The Morgan fingerprint density at radius 1 is 1.12 bits per heavy atom. The van der Waals surface area contributed by atoms with Gasteiger partial charge in [-0.2, -0.15) is 0 Å². The molecule has 6 heteroatoms. The molecule has 0 unspecified atom stereocenters. The van der Waals surface area contributed by atoms with Crippen LogP contribution in [-0.4, -0.2) is 25.1 Å². The van der Waals surface area contributed by atoms with E-state index in [1.807, 2.05) is 62.4 Å². The van der Waals surface area contributed by atoms with Crippen LogP contribution in [0.1, 0.15) is 29.7 Å². The highest BCUT2D eigenvalue weighted by atomic mass is 16.5. The van der Waals surface area contributed by atoms with Crippen LogP contribution in [0.5, 0.6) is 5.75 Å². The number of methoxy groups -OCH3 is 1. The maximum Gasteiger partial charge on any atom is 0.312 e. The number of rotatable bonds is 7. The van der Waals surface area contributed by atoms with Crippen molar-refractivity contribution in [1.82, 2.24) is 10.6 Å². The second kappa shape index (κ2) is 8.89. The molecule has 0 fully saturated rings. The van der Waals surface area contributed by atoms with Gasteiger partial charge in [-0.1, -0.05) is 48.0 Å². The van der Waals surface area contributed by atoms with E-state index in [0.717, 1.165) is 16.7 Å².